The van der Waals surface area contributed by atoms with Gasteiger partial charge in [0, 0.05) is 50.7 Å². The average molecular weight is 389 g/mol. The molecule has 2 aliphatic heterocycles. The molecule has 0 unspecified atom stereocenters. The molecule has 1 amide bonds. The summed E-state index contributed by atoms with van der Waals surface area (Å²) in [7, 11) is -1.63. The van der Waals surface area contributed by atoms with E-state index in [1.165, 1.54) is 4.31 Å². The van der Waals surface area contributed by atoms with E-state index in [0.717, 1.165) is 17.9 Å². The van der Waals surface area contributed by atoms with Crippen molar-refractivity contribution in [3.05, 3.63) is 42.5 Å². The topological polar surface area (TPSA) is 89.6 Å². The number of sulfonamides is 1. The molecule has 2 fully saturated rings. The van der Waals surface area contributed by atoms with Crippen molar-refractivity contribution < 1.29 is 13.2 Å². The molecule has 27 heavy (non-hydrogen) atoms. The van der Waals surface area contributed by atoms with Crippen molar-refractivity contribution in [1.82, 2.24) is 19.2 Å². The van der Waals surface area contributed by atoms with E-state index in [-0.39, 0.29) is 16.8 Å². The molecular weight excluding hydrogens is 366 g/mol. The van der Waals surface area contributed by atoms with Crippen molar-refractivity contribution >= 4 is 21.6 Å². The normalized spacial score (nSPS) is 22.5. The van der Waals surface area contributed by atoms with Crippen molar-refractivity contribution in [2.75, 3.05) is 38.1 Å². The van der Waals surface area contributed by atoms with Crippen LogP contribution in [-0.2, 0) is 14.8 Å². The Kier molecular flexibility index (Phi) is 4.75. The number of hydrogen-bond donors (Lipinski definition) is 1. The van der Waals surface area contributed by atoms with Crippen LogP contribution in [-0.4, -0.2) is 66.7 Å². The Morgan fingerprint density at radius 3 is 2.56 bits per heavy atom. The quantitative estimate of drug-likeness (QED) is 0.849. The van der Waals surface area contributed by atoms with Gasteiger partial charge < -0.3 is 9.88 Å². The van der Waals surface area contributed by atoms with Crippen LogP contribution in [0.1, 0.15) is 24.7 Å². The minimum absolute atomic E-state index is 0.0889. The second-order valence-electron chi connectivity index (χ2n) is 6.98. The van der Waals surface area contributed by atoms with Crippen LogP contribution in [0.2, 0.25) is 0 Å². The number of imidazole rings is 1. The van der Waals surface area contributed by atoms with Gasteiger partial charge >= 0.3 is 0 Å². The average Bonchev–Trinajstić information content (AvgIpc) is 3.34. The van der Waals surface area contributed by atoms with Gasteiger partial charge in [0.1, 0.15) is 5.82 Å². The van der Waals surface area contributed by atoms with E-state index in [0.29, 0.717) is 32.6 Å². The van der Waals surface area contributed by atoms with Gasteiger partial charge in [0.15, 0.2) is 0 Å². The number of H-pyrrole nitrogens is 1. The van der Waals surface area contributed by atoms with Gasteiger partial charge in [-0.05, 0) is 37.7 Å². The zero-order chi connectivity index (χ0) is 19.0. The summed E-state index contributed by atoms with van der Waals surface area (Å²) in [5.41, 5.74) is 0.753. The number of hydrogen-bond acceptors (Lipinski definition) is 5. The van der Waals surface area contributed by atoms with Crippen LogP contribution >= 0.6 is 0 Å². The summed E-state index contributed by atoms with van der Waals surface area (Å²) in [6.07, 6.45) is 4.81. The van der Waals surface area contributed by atoms with E-state index < -0.39 is 10.0 Å². The third kappa shape index (κ3) is 3.38. The fourth-order valence-electron chi connectivity index (χ4n) is 3.69. The minimum Gasteiger partial charge on any atom is -0.347 e. The number of aromatic nitrogens is 2. The largest absolute Gasteiger partial charge is 0.347 e. The van der Waals surface area contributed by atoms with Gasteiger partial charge in [-0.3, -0.25) is 9.69 Å². The molecule has 1 N–H and O–H groups in total. The van der Waals surface area contributed by atoms with Crippen LogP contribution in [0, 0.1) is 0 Å². The summed E-state index contributed by atoms with van der Waals surface area (Å²) >= 11 is 0. The lowest BCUT2D eigenvalue weighted by Gasteiger charge is -2.37. The number of amides is 1. The Labute approximate surface area is 158 Å². The number of nitrogens with one attached hydrogen (secondary N) is 1. The Bertz CT molecular complexity index is 911. The van der Waals surface area contributed by atoms with Crippen LogP contribution in [0.4, 0.5) is 5.69 Å². The summed E-state index contributed by atoms with van der Waals surface area (Å²) in [5, 5.41) is 0. The summed E-state index contributed by atoms with van der Waals surface area (Å²) in [4.78, 5) is 23.3. The fraction of sp³-hybridized carbons (Fsp3) is 0.444. The molecule has 2 aliphatic rings. The zero-order valence-corrected chi connectivity index (χ0v) is 16.0. The Hall–Kier alpha value is -2.23. The molecule has 2 saturated heterocycles. The lowest BCUT2D eigenvalue weighted by molar-refractivity contribution is -0.117. The standard InChI is InChI=1S/C18H23N5O3S/c1-21-11-12-22(13-16(21)18-19-8-9-20-18)27(25,26)15-6-4-14(5-7-15)23-10-2-3-17(23)24/h4-9,16H,2-3,10-13H2,1H3,(H,19,20)/t16-/m0/s1. The third-order valence-electron chi connectivity index (χ3n) is 5.31. The Morgan fingerprint density at radius 1 is 1.15 bits per heavy atom. The van der Waals surface area contributed by atoms with Crippen LogP contribution in [0.25, 0.3) is 0 Å². The van der Waals surface area contributed by atoms with Crippen molar-refractivity contribution in [2.24, 2.45) is 0 Å². The number of benzene rings is 1. The lowest BCUT2D eigenvalue weighted by Crippen LogP contribution is -2.49. The van der Waals surface area contributed by atoms with Crippen LogP contribution < -0.4 is 4.90 Å². The molecule has 1 atom stereocenters. The van der Waals surface area contributed by atoms with E-state index in [4.69, 9.17) is 0 Å². The zero-order valence-electron chi connectivity index (χ0n) is 15.2. The highest BCUT2D eigenvalue weighted by molar-refractivity contribution is 7.89. The van der Waals surface area contributed by atoms with Crippen molar-refractivity contribution in [3.8, 4) is 0 Å². The van der Waals surface area contributed by atoms with E-state index in [1.807, 2.05) is 7.05 Å². The molecule has 0 radical (unpaired) electrons. The second kappa shape index (κ2) is 7.06. The molecule has 1 aromatic carbocycles. The molecule has 2 aromatic rings. The molecule has 0 bridgehead atoms. The van der Waals surface area contributed by atoms with Gasteiger partial charge in [0.2, 0.25) is 15.9 Å². The number of carbonyl (C=O) groups is 1. The Balaban J connectivity index is 1.55. The van der Waals surface area contributed by atoms with Crippen molar-refractivity contribution in [2.45, 2.75) is 23.8 Å². The maximum atomic E-state index is 13.1. The fourth-order valence-corrected chi connectivity index (χ4v) is 5.13. The second-order valence-corrected chi connectivity index (χ2v) is 8.91. The van der Waals surface area contributed by atoms with Crippen molar-refractivity contribution in [3.63, 3.8) is 0 Å². The molecule has 4 rings (SSSR count). The highest BCUT2D eigenvalue weighted by Crippen LogP contribution is 2.28. The van der Waals surface area contributed by atoms with E-state index in [2.05, 4.69) is 14.9 Å². The van der Waals surface area contributed by atoms with E-state index >= 15 is 0 Å². The predicted molar refractivity (Wildman–Crippen MR) is 101 cm³/mol. The molecule has 144 valence electrons. The van der Waals surface area contributed by atoms with Crippen LogP contribution in [0.15, 0.2) is 41.6 Å². The predicted octanol–water partition coefficient (Wildman–Crippen LogP) is 1.21. The molecule has 8 nitrogen and oxygen atoms in total. The first-order valence-electron chi connectivity index (χ1n) is 9.07. The highest BCUT2D eigenvalue weighted by atomic mass is 32.2. The lowest BCUT2D eigenvalue weighted by atomic mass is 10.2. The van der Waals surface area contributed by atoms with E-state index in [1.54, 1.807) is 41.6 Å². The number of likely N-dealkylation sites (N-methyl/N-ethyl adjacent to an activating group) is 1. The van der Waals surface area contributed by atoms with Gasteiger partial charge in [-0.15, -0.1) is 0 Å². The molecule has 0 saturated carbocycles. The first-order chi connectivity index (χ1) is 13.0. The number of anilines is 1. The SMILES string of the molecule is CN1CCN(S(=O)(=O)c2ccc(N3CCCC3=O)cc2)C[C@H]1c1ncc[nH]1. The summed E-state index contributed by atoms with van der Waals surface area (Å²) in [5.74, 6) is 0.853. The highest BCUT2D eigenvalue weighted by Gasteiger charge is 2.34. The van der Waals surface area contributed by atoms with Gasteiger partial charge in [-0.2, -0.15) is 4.31 Å². The van der Waals surface area contributed by atoms with Crippen molar-refractivity contribution in [1.29, 1.82) is 0 Å². The van der Waals surface area contributed by atoms with Gasteiger partial charge in [0.25, 0.3) is 0 Å². The first-order valence-corrected chi connectivity index (χ1v) is 10.5. The molecule has 0 aliphatic carbocycles. The maximum absolute atomic E-state index is 13.1. The van der Waals surface area contributed by atoms with Gasteiger partial charge in [-0.1, -0.05) is 0 Å². The molecule has 1 aromatic heterocycles. The molecule has 3 heterocycles. The molecule has 9 heteroatoms. The minimum atomic E-state index is -3.60. The third-order valence-corrected chi connectivity index (χ3v) is 7.18. The van der Waals surface area contributed by atoms with E-state index in [9.17, 15) is 13.2 Å². The number of piperazine rings is 1. The number of aromatic amines is 1. The summed E-state index contributed by atoms with van der Waals surface area (Å²) < 4.78 is 27.7. The number of rotatable bonds is 4. The smallest absolute Gasteiger partial charge is 0.243 e. The van der Waals surface area contributed by atoms with Gasteiger partial charge in [0.05, 0.1) is 10.9 Å². The van der Waals surface area contributed by atoms with Crippen LogP contribution in [0.3, 0.4) is 0 Å². The molecule has 0 spiro atoms. The number of carbonyl (C=O) groups excluding carboxylic acids is 1. The summed E-state index contributed by atoms with van der Waals surface area (Å²) in [6.45, 7) is 2.10. The first kappa shape index (κ1) is 18.1. The van der Waals surface area contributed by atoms with Gasteiger partial charge in [-0.25, -0.2) is 13.4 Å². The number of nitrogens with zero attached hydrogens (tertiary/aromatic N) is 4. The monoisotopic (exact) mass is 389 g/mol. The Morgan fingerprint density at radius 2 is 1.93 bits per heavy atom. The molecular formula is C18H23N5O3S. The summed E-state index contributed by atoms with van der Waals surface area (Å²) in [6, 6.07) is 6.52. The maximum Gasteiger partial charge on any atom is 0.243 e. The van der Waals surface area contributed by atoms with Crippen LogP contribution in [0.5, 0.6) is 0 Å².